The Morgan fingerprint density at radius 3 is 2.07 bits per heavy atom. The fourth-order valence-electron chi connectivity index (χ4n) is 1.70. The van der Waals surface area contributed by atoms with Gasteiger partial charge < -0.3 is 4.90 Å². The van der Waals surface area contributed by atoms with Crippen molar-refractivity contribution in [1.82, 2.24) is 4.90 Å². The van der Waals surface area contributed by atoms with Crippen molar-refractivity contribution in [3.63, 3.8) is 0 Å². The predicted octanol–water partition coefficient (Wildman–Crippen LogP) is 3.29. The summed E-state index contributed by atoms with van der Waals surface area (Å²) in [6.45, 7) is 6.24. The molecule has 0 aromatic rings. The van der Waals surface area contributed by atoms with Crippen LogP contribution in [0.1, 0.15) is 46.5 Å². The van der Waals surface area contributed by atoms with Crippen molar-refractivity contribution in [2.75, 3.05) is 12.9 Å². The maximum absolute atomic E-state index is 12.1. The van der Waals surface area contributed by atoms with Crippen LogP contribution in [0.25, 0.3) is 0 Å². The summed E-state index contributed by atoms with van der Waals surface area (Å²) in [5.41, 5.74) is 0. The molecule has 1 atom stereocenters. The number of hydrogen-bond acceptors (Lipinski definition) is 1. The normalized spacial score (nSPS) is 12.9. The average Bonchev–Trinajstić information content (AvgIpc) is 2.25. The highest BCUT2D eigenvalue weighted by Gasteiger charge is 2.23. The summed E-state index contributed by atoms with van der Waals surface area (Å²) in [5, 5.41) is 0. The Balaban J connectivity index is 4.33. The Kier molecular flexibility index (Phi) is 7.85. The Morgan fingerprint density at radius 2 is 1.73 bits per heavy atom. The van der Waals surface area contributed by atoms with E-state index in [9.17, 15) is 4.79 Å². The molecule has 0 radical (unpaired) electrons. The topological polar surface area (TPSA) is 20.3 Å². The average molecular weight is 234 g/mol. The lowest BCUT2D eigenvalue weighted by Crippen LogP contribution is -2.40. The lowest BCUT2D eigenvalue weighted by atomic mass is 9.96. The molecule has 0 saturated carbocycles. The third-order valence-corrected chi connectivity index (χ3v) is 3.30. The molecule has 0 fully saturated rings. The van der Waals surface area contributed by atoms with E-state index in [-0.39, 0.29) is 17.9 Å². The largest absolute Gasteiger partial charge is 0.342 e. The van der Waals surface area contributed by atoms with E-state index in [2.05, 4.69) is 13.8 Å². The number of halogens is 1. The van der Waals surface area contributed by atoms with E-state index < -0.39 is 0 Å². The zero-order valence-corrected chi connectivity index (χ0v) is 11.2. The maximum Gasteiger partial charge on any atom is 0.225 e. The van der Waals surface area contributed by atoms with Crippen molar-refractivity contribution < 1.29 is 4.79 Å². The van der Waals surface area contributed by atoms with Gasteiger partial charge in [0.15, 0.2) is 0 Å². The number of amides is 1. The second-order valence-corrected chi connectivity index (χ2v) is 4.54. The monoisotopic (exact) mass is 233 g/mol. The van der Waals surface area contributed by atoms with Gasteiger partial charge in [0.2, 0.25) is 5.91 Å². The second kappa shape index (κ2) is 7.98. The Morgan fingerprint density at radius 1 is 1.27 bits per heavy atom. The summed E-state index contributed by atoms with van der Waals surface area (Å²) in [6, 6.07) is 0.135. The summed E-state index contributed by atoms with van der Waals surface area (Å²) in [4.78, 5) is 13.9. The van der Waals surface area contributed by atoms with Gasteiger partial charge in [-0.25, -0.2) is 0 Å². The molecule has 1 amide bonds. The summed E-state index contributed by atoms with van der Waals surface area (Å²) < 4.78 is 0. The van der Waals surface area contributed by atoms with Gasteiger partial charge in [-0.2, -0.15) is 0 Å². The van der Waals surface area contributed by atoms with E-state index >= 15 is 0 Å². The van der Waals surface area contributed by atoms with Gasteiger partial charge in [-0.3, -0.25) is 4.79 Å². The van der Waals surface area contributed by atoms with E-state index in [0.29, 0.717) is 5.88 Å². The van der Waals surface area contributed by atoms with Gasteiger partial charge in [-0.05, 0) is 19.8 Å². The molecule has 0 heterocycles. The quantitative estimate of drug-likeness (QED) is 0.618. The number of carbonyl (C=O) groups excluding carboxylic acids is 1. The Labute approximate surface area is 99.0 Å². The summed E-state index contributed by atoms with van der Waals surface area (Å²) >= 11 is 5.76. The lowest BCUT2D eigenvalue weighted by Gasteiger charge is -2.27. The molecule has 0 aliphatic carbocycles. The van der Waals surface area contributed by atoms with Crippen molar-refractivity contribution in [2.24, 2.45) is 5.92 Å². The molecule has 0 saturated heterocycles. The highest BCUT2D eigenvalue weighted by molar-refractivity contribution is 6.18. The number of hydrogen-bond donors (Lipinski definition) is 0. The second-order valence-electron chi connectivity index (χ2n) is 4.23. The fourth-order valence-corrected chi connectivity index (χ4v) is 1.90. The Bertz CT molecular complexity index is 178. The minimum atomic E-state index is 0.135. The van der Waals surface area contributed by atoms with E-state index in [4.69, 9.17) is 11.6 Å². The molecule has 0 aliphatic rings. The highest BCUT2D eigenvalue weighted by Crippen LogP contribution is 2.17. The first-order chi connectivity index (χ1) is 7.08. The summed E-state index contributed by atoms with van der Waals surface area (Å²) in [6.07, 6.45) is 4.12. The van der Waals surface area contributed by atoms with Crippen molar-refractivity contribution in [2.45, 2.75) is 52.5 Å². The predicted molar refractivity (Wildman–Crippen MR) is 66.3 cm³/mol. The van der Waals surface area contributed by atoms with Crippen molar-refractivity contribution >= 4 is 17.5 Å². The van der Waals surface area contributed by atoms with Gasteiger partial charge in [0.1, 0.15) is 0 Å². The zero-order valence-electron chi connectivity index (χ0n) is 10.4. The fraction of sp³-hybridized carbons (Fsp3) is 0.917. The molecule has 3 heteroatoms. The standard InChI is InChI=1S/C12H24ClNO/c1-5-7-11(8-6-2)12(15)14(4)10(3)9-13/h10-11H,5-9H2,1-4H3. The molecule has 0 N–H and O–H groups in total. The zero-order chi connectivity index (χ0) is 11.8. The Hall–Kier alpha value is -0.240. The SMILES string of the molecule is CCCC(CCC)C(=O)N(C)C(C)CCl. The first-order valence-electron chi connectivity index (χ1n) is 5.91. The van der Waals surface area contributed by atoms with E-state index in [1.165, 1.54) is 0 Å². The van der Waals surface area contributed by atoms with Crippen LogP contribution in [0.5, 0.6) is 0 Å². The highest BCUT2D eigenvalue weighted by atomic mass is 35.5. The maximum atomic E-state index is 12.1. The van der Waals surface area contributed by atoms with Crippen LogP contribution in [-0.4, -0.2) is 29.8 Å². The summed E-state index contributed by atoms with van der Waals surface area (Å²) in [5.74, 6) is 0.954. The molecule has 15 heavy (non-hydrogen) atoms. The molecule has 2 nitrogen and oxygen atoms in total. The third kappa shape index (κ3) is 4.87. The lowest BCUT2D eigenvalue weighted by molar-refractivity contribution is -0.136. The van der Waals surface area contributed by atoms with Gasteiger partial charge in [-0.15, -0.1) is 11.6 Å². The van der Waals surface area contributed by atoms with Crippen LogP contribution in [0, 0.1) is 5.92 Å². The molecule has 0 aromatic carbocycles. The van der Waals surface area contributed by atoms with Crippen LogP contribution in [0.2, 0.25) is 0 Å². The first kappa shape index (κ1) is 14.8. The smallest absolute Gasteiger partial charge is 0.225 e. The van der Waals surface area contributed by atoms with Crippen molar-refractivity contribution in [3.05, 3.63) is 0 Å². The van der Waals surface area contributed by atoms with E-state index in [0.717, 1.165) is 25.7 Å². The molecule has 0 rings (SSSR count). The van der Waals surface area contributed by atoms with Crippen molar-refractivity contribution in [3.8, 4) is 0 Å². The molecule has 0 aliphatic heterocycles. The van der Waals surface area contributed by atoms with Crippen LogP contribution >= 0.6 is 11.6 Å². The van der Waals surface area contributed by atoms with Gasteiger partial charge >= 0.3 is 0 Å². The van der Waals surface area contributed by atoms with Crippen LogP contribution < -0.4 is 0 Å². The number of nitrogens with zero attached hydrogens (tertiary/aromatic N) is 1. The third-order valence-electron chi connectivity index (χ3n) is 2.86. The molecule has 90 valence electrons. The minimum absolute atomic E-state index is 0.135. The van der Waals surface area contributed by atoms with Crippen molar-refractivity contribution in [1.29, 1.82) is 0 Å². The molecule has 0 spiro atoms. The van der Waals surface area contributed by atoms with Gasteiger partial charge in [0.25, 0.3) is 0 Å². The molecule has 1 unspecified atom stereocenters. The molecular formula is C12H24ClNO. The number of alkyl halides is 1. The molecule has 0 bridgehead atoms. The van der Waals surface area contributed by atoms with E-state index in [1.54, 1.807) is 4.90 Å². The van der Waals surface area contributed by atoms with Crippen LogP contribution in [0.15, 0.2) is 0 Å². The number of carbonyl (C=O) groups is 1. The molecular weight excluding hydrogens is 210 g/mol. The minimum Gasteiger partial charge on any atom is -0.342 e. The van der Waals surface area contributed by atoms with Crippen LogP contribution in [-0.2, 0) is 4.79 Å². The van der Waals surface area contributed by atoms with Gasteiger partial charge in [0.05, 0.1) is 0 Å². The molecule has 0 aromatic heterocycles. The number of rotatable bonds is 7. The van der Waals surface area contributed by atoms with Crippen LogP contribution in [0.4, 0.5) is 0 Å². The van der Waals surface area contributed by atoms with Crippen LogP contribution in [0.3, 0.4) is 0 Å². The van der Waals surface area contributed by atoms with E-state index in [1.807, 2.05) is 14.0 Å². The first-order valence-corrected chi connectivity index (χ1v) is 6.44. The van der Waals surface area contributed by atoms with Gasteiger partial charge in [-0.1, -0.05) is 26.7 Å². The summed E-state index contributed by atoms with van der Waals surface area (Å²) in [7, 11) is 1.85. The van der Waals surface area contributed by atoms with Gasteiger partial charge in [0, 0.05) is 24.9 Å².